The molecule has 1 atom stereocenters. The zero-order valence-corrected chi connectivity index (χ0v) is 12.5. The Kier molecular flexibility index (Phi) is 4.65. The smallest absolute Gasteiger partial charge is 0.330 e. The van der Waals surface area contributed by atoms with E-state index >= 15 is 0 Å². The lowest BCUT2D eigenvalue weighted by Crippen LogP contribution is -2.52. The topological polar surface area (TPSA) is 47.6 Å². The molecule has 0 saturated heterocycles. The van der Waals surface area contributed by atoms with Gasteiger partial charge in [-0.1, -0.05) is 13.0 Å². The Morgan fingerprint density at radius 2 is 2.20 bits per heavy atom. The summed E-state index contributed by atoms with van der Waals surface area (Å²) in [6, 6.07) is 5.93. The highest BCUT2D eigenvalue weighted by molar-refractivity contribution is 5.83. The van der Waals surface area contributed by atoms with Crippen LogP contribution in [0, 0.1) is 0 Å². The van der Waals surface area contributed by atoms with Gasteiger partial charge in [-0.3, -0.25) is 5.32 Å². The van der Waals surface area contributed by atoms with Gasteiger partial charge in [0.05, 0.1) is 14.2 Å². The van der Waals surface area contributed by atoms with Gasteiger partial charge in [-0.05, 0) is 55.5 Å². The van der Waals surface area contributed by atoms with Crippen LogP contribution < -0.4 is 10.1 Å². The Labute approximate surface area is 120 Å². The van der Waals surface area contributed by atoms with E-state index in [2.05, 4.69) is 12.2 Å². The van der Waals surface area contributed by atoms with E-state index in [9.17, 15) is 4.79 Å². The number of rotatable bonds is 5. The van der Waals surface area contributed by atoms with E-state index in [4.69, 9.17) is 9.47 Å². The maximum absolute atomic E-state index is 12.4. The molecule has 1 aliphatic carbocycles. The van der Waals surface area contributed by atoms with Gasteiger partial charge in [0, 0.05) is 0 Å². The number of fused-ring (bicyclic) bond motifs is 1. The molecule has 0 bridgehead atoms. The minimum atomic E-state index is -0.704. The van der Waals surface area contributed by atoms with Crippen LogP contribution in [0.3, 0.4) is 0 Å². The minimum Gasteiger partial charge on any atom is -0.497 e. The van der Waals surface area contributed by atoms with Crippen molar-refractivity contribution in [3.05, 3.63) is 29.3 Å². The van der Waals surface area contributed by atoms with E-state index in [1.165, 1.54) is 12.7 Å². The zero-order valence-electron chi connectivity index (χ0n) is 12.5. The Morgan fingerprint density at radius 3 is 2.85 bits per heavy atom. The number of hydrogen-bond acceptors (Lipinski definition) is 4. The fraction of sp³-hybridized carbons (Fsp3) is 0.562. The Morgan fingerprint density at radius 1 is 1.40 bits per heavy atom. The summed E-state index contributed by atoms with van der Waals surface area (Å²) in [4.78, 5) is 12.4. The first kappa shape index (κ1) is 14.9. The zero-order chi connectivity index (χ0) is 14.6. The van der Waals surface area contributed by atoms with E-state index in [0.717, 1.165) is 43.5 Å². The van der Waals surface area contributed by atoms with Crippen molar-refractivity contribution in [3.63, 3.8) is 0 Å². The van der Waals surface area contributed by atoms with Crippen molar-refractivity contribution in [2.75, 3.05) is 20.8 Å². The molecule has 20 heavy (non-hydrogen) atoms. The first-order chi connectivity index (χ1) is 9.67. The minimum absolute atomic E-state index is 0.197. The molecule has 0 amide bonds. The van der Waals surface area contributed by atoms with Crippen LogP contribution in [0.15, 0.2) is 18.2 Å². The molecule has 0 radical (unpaired) electrons. The quantitative estimate of drug-likeness (QED) is 0.840. The first-order valence-corrected chi connectivity index (χ1v) is 7.18. The number of benzene rings is 1. The molecule has 0 aromatic heterocycles. The molecule has 0 spiro atoms. The highest BCUT2D eigenvalue weighted by atomic mass is 16.5. The number of hydrogen-bond donors (Lipinski definition) is 1. The molecule has 0 fully saturated rings. The lowest BCUT2D eigenvalue weighted by Gasteiger charge is -2.37. The van der Waals surface area contributed by atoms with Crippen LogP contribution in [-0.2, 0) is 21.5 Å². The fourth-order valence-electron chi connectivity index (χ4n) is 2.98. The lowest BCUT2D eigenvalue weighted by molar-refractivity contribution is -0.150. The monoisotopic (exact) mass is 277 g/mol. The van der Waals surface area contributed by atoms with Crippen molar-refractivity contribution < 1.29 is 14.3 Å². The molecular weight excluding hydrogens is 254 g/mol. The second-order valence-electron chi connectivity index (χ2n) is 5.20. The average Bonchev–Trinajstić information content (AvgIpc) is 2.51. The fourth-order valence-corrected chi connectivity index (χ4v) is 2.98. The summed E-state index contributed by atoms with van der Waals surface area (Å²) in [5, 5.41) is 3.41. The molecule has 2 rings (SSSR count). The lowest BCUT2D eigenvalue weighted by atomic mass is 9.76. The Bertz CT molecular complexity index is 487. The highest BCUT2D eigenvalue weighted by Gasteiger charge is 2.44. The molecule has 4 heteroatoms. The predicted octanol–water partition coefficient (Wildman–Crippen LogP) is 2.40. The van der Waals surface area contributed by atoms with Gasteiger partial charge >= 0.3 is 5.97 Å². The molecule has 1 aromatic rings. The van der Waals surface area contributed by atoms with Crippen LogP contribution in [-0.4, -0.2) is 26.7 Å². The number of esters is 1. The summed E-state index contributed by atoms with van der Waals surface area (Å²) >= 11 is 0. The second-order valence-corrected chi connectivity index (χ2v) is 5.20. The number of carbonyl (C=O) groups excluding carboxylic acids is 1. The summed E-state index contributed by atoms with van der Waals surface area (Å²) < 4.78 is 10.4. The molecule has 1 unspecified atom stereocenters. The average molecular weight is 277 g/mol. The molecule has 1 aliphatic rings. The summed E-state index contributed by atoms with van der Waals surface area (Å²) in [5.41, 5.74) is 1.50. The molecular formula is C16H23NO3. The maximum atomic E-state index is 12.4. The van der Waals surface area contributed by atoms with Crippen LogP contribution in [0.4, 0.5) is 0 Å². The van der Waals surface area contributed by atoms with Gasteiger partial charge in [0.15, 0.2) is 0 Å². The summed E-state index contributed by atoms with van der Waals surface area (Å²) in [6.07, 6.45) is 3.69. The van der Waals surface area contributed by atoms with Crippen LogP contribution in [0.25, 0.3) is 0 Å². The summed E-state index contributed by atoms with van der Waals surface area (Å²) in [7, 11) is 3.11. The van der Waals surface area contributed by atoms with Crippen molar-refractivity contribution in [2.24, 2.45) is 0 Å². The van der Waals surface area contributed by atoms with Crippen molar-refractivity contribution in [1.82, 2.24) is 5.32 Å². The molecule has 110 valence electrons. The predicted molar refractivity (Wildman–Crippen MR) is 77.9 cm³/mol. The number of carbonyl (C=O) groups is 1. The van der Waals surface area contributed by atoms with E-state index in [-0.39, 0.29) is 5.97 Å². The first-order valence-electron chi connectivity index (χ1n) is 7.18. The Balaban J connectivity index is 2.46. The van der Waals surface area contributed by atoms with Crippen molar-refractivity contribution >= 4 is 5.97 Å². The third kappa shape index (κ3) is 2.52. The van der Waals surface area contributed by atoms with E-state index < -0.39 is 5.54 Å². The van der Waals surface area contributed by atoms with Gasteiger partial charge in [-0.15, -0.1) is 0 Å². The normalized spacial score (nSPS) is 21.1. The number of ether oxygens (including phenoxy) is 2. The largest absolute Gasteiger partial charge is 0.497 e. The van der Waals surface area contributed by atoms with Crippen molar-refractivity contribution in [1.29, 1.82) is 0 Å². The Hall–Kier alpha value is -1.55. The summed E-state index contributed by atoms with van der Waals surface area (Å²) in [6.45, 7) is 2.89. The van der Waals surface area contributed by atoms with Crippen LogP contribution in [0.2, 0.25) is 0 Å². The van der Waals surface area contributed by atoms with E-state index in [1.54, 1.807) is 7.11 Å². The molecule has 0 saturated carbocycles. The van der Waals surface area contributed by atoms with Gasteiger partial charge in [0.25, 0.3) is 0 Å². The highest BCUT2D eigenvalue weighted by Crippen LogP contribution is 2.38. The van der Waals surface area contributed by atoms with Gasteiger partial charge in [0.2, 0.25) is 0 Å². The standard InChI is InChI=1S/C16H23NO3/c1-4-10-17-16(15(18)20-3)9-5-6-12-11-13(19-2)7-8-14(12)16/h7-8,11,17H,4-6,9-10H2,1-3H3. The molecule has 0 aliphatic heterocycles. The van der Waals surface area contributed by atoms with Gasteiger partial charge in [0.1, 0.15) is 11.3 Å². The van der Waals surface area contributed by atoms with Crippen molar-refractivity contribution in [2.45, 2.75) is 38.1 Å². The van der Waals surface area contributed by atoms with Crippen LogP contribution in [0.1, 0.15) is 37.3 Å². The second kappa shape index (κ2) is 6.27. The molecule has 0 heterocycles. The van der Waals surface area contributed by atoms with Gasteiger partial charge < -0.3 is 9.47 Å². The third-order valence-corrected chi connectivity index (χ3v) is 3.98. The molecule has 1 N–H and O–H groups in total. The maximum Gasteiger partial charge on any atom is 0.330 e. The number of methoxy groups -OCH3 is 2. The SMILES string of the molecule is CCCNC1(C(=O)OC)CCCc2cc(OC)ccc21. The number of aryl methyl sites for hydroxylation is 1. The van der Waals surface area contributed by atoms with Gasteiger partial charge in [-0.25, -0.2) is 4.79 Å². The molecule has 4 nitrogen and oxygen atoms in total. The van der Waals surface area contributed by atoms with Crippen molar-refractivity contribution in [3.8, 4) is 5.75 Å². The van der Waals surface area contributed by atoms with Gasteiger partial charge in [-0.2, -0.15) is 0 Å². The van der Waals surface area contributed by atoms with E-state index in [1.807, 2.05) is 18.2 Å². The molecule has 1 aromatic carbocycles. The van der Waals surface area contributed by atoms with Crippen LogP contribution in [0.5, 0.6) is 5.75 Å². The number of nitrogens with one attached hydrogen (secondary N) is 1. The van der Waals surface area contributed by atoms with Crippen LogP contribution >= 0.6 is 0 Å². The van der Waals surface area contributed by atoms with E-state index in [0.29, 0.717) is 0 Å². The summed E-state index contributed by atoms with van der Waals surface area (Å²) in [5.74, 6) is 0.636. The third-order valence-electron chi connectivity index (χ3n) is 3.98.